The van der Waals surface area contributed by atoms with Crippen LogP contribution in [0.15, 0.2) is 85.1 Å². The zero-order valence-corrected chi connectivity index (χ0v) is 46.7. The monoisotopic (exact) mass is 989 g/mol. The van der Waals surface area contributed by atoms with Gasteiger partial charge in [0.2, 0.25) is 0 Å². The first-order valence-corrected chi connectivity index (χ1v) is 30.1. The largest absolute Gasteiger partial charge is 0.462 e. The van der Waals surface area contributed by atoms with E-state index in [9.17, 15) is 14.4 Å². The first-order chi connectivity index (χ1) is 35.0. The van der Waals surface area contributed by atoms with Gasteiger partial charge in [-0.3, -0.25) is 14.4 Å². The lowest BCUT2D eigenvalue weighted by Gasteiger charge is -2.18. The van der Waals surface area contributed by atoms with Crippen molar-refractivity contribution < 1.29 is 28.6 Å². The molecule has 6 nitrogen and oxygen atoms in total. The molecule has 1 unspecified atom stereocenters. The van der Waals surface area contributed by atoms with E-state index in [0.29, 0.717) is 19.3 Å². The normalized spacial score (nSPS) is 12.7. The fourth-order valence-corrected chi connectivity index (χ4v) is 8.38. The number of esters is 3. The molecule has 0 N–H and O–H groups in total. The van der Waals surface area contributed by atoms with Crippen LogP contribution in [0.25, 0.3) is 0 Å². The van der Waals surface area contributed by atoms with Crippen molar-refractivity contribution in [3.8, 4) is 0 Å². The van der Waals surface area contributed by atoms with Gasteiger partial charge in [-0.15, -0.1) is 0 Å². The molecule has 0 spiro atoms. The third kappa shape index (κ3) is 57.4. The molecule has 0 aliphatic carbocycles. The Labute approximate surface area is 439 Å². The summed E-state index contributed by atoms with van der Waals surface area (Å²) in [5, 5.41) is 0. The Morgan fingerprint density at radius 1 is 0.296 bits per heavy atom. The molecule has 6 heteroatoms. The lowest BCUT2D eigenvalue weighted by molar-refractivity contribution is -0.167. The zero-order valence-electron chi connectivity index (χ0n) is 46.7. The van der Waals surface area contributed by atoms with Crippen molar-refractivity contribution in [2.45, 2.75) is 297 Å². The number of hydrogen-bond acceptors (Lipinski definition) is 6. The van der Waals surface area contributed by atoms with Crippen LogP contribution in [0.2, 0.25) is 0 Å². The van der Waals surface area contributed by atoms with Crippen LogP contribution >= 0.6 is 0 Å². The molecule has 0 bridgehead atoms. The summed E-state index contributed by atoms with van der Waals surface area (Å²) in [7, 11) is 0. The van der Waals surface area contributed by atoms with Gasteiger partial charge in [0.1, 0.15) is 13.2 Å². The van der Waals surface area contributed by atoms with Crippen molar-refractivity contribution >= 4 is 17.9 Å². The highest BCUT2D eigenvalue weighted by atomic mass is 16.6. The fourth-order valence-electron chi connectivity index (χ4n) is 8.38. The predicted molar refractivity (Wildman–Crippen MR) is 307 cm³/mol. The molecule has 0 aliphatic rings. The average molecular weight is 990 g/mol. The Balaban J connectivity index is 4.43. The average Bonchev–Trinajstić information content (AvgIpc) is 3.37. The highest BCUT2D eigenvalue weighted by molar-refractivity contribution is 5.71. The van der Waals surface area contributed by atoms with Crippen molar-refractivity contribution in [1.29, 1.82) is 0 Å². The molecule has 0 saturated carbocycles. The Kier molecular flexibility index (Phi) is 56.3. The number of hydrogen-bond donors (Lipinski definition) is 0. The smallest absolute Gasteiger partial charge is 0.306 e. The molecule has 0 aromatic heterocycles. The Hall–Kier alpha value is -3.41. The minimum atomic E-state index is -0.797. The van der Waals surface area contributed by atoms with Crippen LogP contribution in [-0.4, -0.2) is 37.2 Å². The van der Waals surface area contributed by atoms with E-state index in [1.807, 2.05) is 0 Å². The highest BCUT2D eigenvalue weighted by Gasteiger charge is 2.19. The molecule has 0 amide bonds. The van der Waals surface area contributed by atoms with E-state index in [0.717, 1.165) is 103 Å². The van der Waals surface area contributed by atoms with Gasteiger partial charge in [0, 0.05) is 19.3 Å². The molecule has 0 aromatic carbocycles. The van der Waals surface area contributed by atoms with Gasteiger partial charge in [-0.1, -0.05) is 260 Å². The molecular weight excluding hydrogens is 877 g/mol. The molecule has 1 atom stereocenters. The molecule has 0 heterocycles. The lowest BCUT2D eigenvalue weighted by Crippen LogP contribution is -2.30. The van der Waals surface area contributed by atoms with Crippen LogP contribution in [0.5, 0.6) is 0 Å². The van der Waals surface area contributed by atoms with Crippen molar-refractivity contribution in [1.82, 2.24) is 0 Å². The van der Waals surface area contributed by atoms with Gasteiger partial charge in [-0.05, 0) is 96.3 Å². The van der Waals surface area contributed by atoms with Crippen LogP contribution in [0.1, 0.15) is 290 Å². The van der Waals surface area contributed by atoms with E-state index in [4.69, 9.17) is 14.2 Å². The minimum Gasteiger partial charge on any atom is -0.462 e. The van der Waals surface area contributed by atoms with Crippen molar-refractivity contribution in [2.75, 3.05) is 13.2 Å². The maximum absolute atomic E-state index is 12.9. The Morgan fingerprint density at radius 2 is 0.549 bits per heavy atom. The van der Waals surface area contributed by atoms with E-state index in [1.54, 1.807) is 0 Å². The summed E-state index contributed by atoms with van der Waals surface area (Å²) in [6, 6.07) is 0. The first kappa shape index (κ1) is 67.6. The maximum atomic E-state index is 12.9. The van der Waals surface area contributed by atoms with Crippen molar-refractivity contribution in [2.24, 2.45) is 0 Å². The van der Waals surface area contributed by atoms with Crippen LogP contribution < -0.4 is 0 Å². The quantitative estimate of drug-likeness (QED) is 0.0261. The summed E-state index contributed by atoms with van der Waals surface area (Å²) in [6.45, 7) is 6.49. The third-order valence-electron chi connectivity index (χ3n) is 12.9. The van der Waals surface area contributed by atoms with Gasteiger partial charge < -0.3 is 14.2 Å². The third-order valence-corrected chi connectivity index (χ3v) is 12.9. The summed E-state index contributed by atoms with van der Waals surface area (Å²) in [4.78, 5) is 38.2. The first-order valence-electron chi connectivity index (χ1n) is 30.1. The van der Waals surface area contributed by atoms with Gasteiger partial charge in [0.05, 0.1) is 0 Å². The molecule has 0 saturated heterocycles. The second-order valence-electron chi connectivity index (χ2n) is 19.9. The SMILES string of the molecule is CC/C=C\C/C=C\C/C=C\C/C=C\C/C=C\C/C=C\CCCCC(=O)OCC(COC(=O)CCCCCCC/C=C\CCCCCC)OC(=O)CCCCCCCCCCCCCCCCCCCCC. The van der Waals surface area contributed by atoms with E-state index < -0.39 is 6.10 Å². The summed E-state index contributed by atoms with van der Waals surface area (Å²) in [6.07, 6.45) is 77.2. The summed E-state index contributed by atoms with van der Waals surface area (Å²) in [5.74, 6) is -0.935. The molecule has 71 heavy (non-hydrogen) atoms. The van der Waals surface area contributed by atoms with Crippen molar-refractivity contribution in [3.63, 3.8) is 0 Å². The minimum absolute atomic E-state index is 0.0927. The van der Waals surface area contributed by atoms with Crippen molar-refractivity contribution in [3.05, 3.63) is 85.1 Å². The molecule has 408 valence electrons. The topological polar surface area (TPSA) is 78.9 Å². The number of carbonyl (C=O) groups excluding carboxylic acids is 3. The number of allylic oxidation sites excluding steroid dienone is 14. The predicted octanol–water partition coefficient (Wildman–Crippen LogP) is 20.3. The zero-order chi connectivity index (χ0) is 51.4. The van der Waals surface area contributed by atoms with E-state index in [1.165, 1.54) is 148 Å². The Bertz CT molecular complexity index is 1370. The summed E-state index contributed by atoms with van der Waals surface area (Å²) < 4.78 is 16.9. The van der Waals surface area contributed by atoms with Crippen LogP contribution in [0.4, 0.5) is 0 Å². The molecule has 0 aromatic rings. The van der Waals surface area contributed by atoms with Crippen LogP contribution in [-0.2, 0) is 28.6 Å². The standard InChI is InChI=1S/C65H112O6/c1-4-7-10-13-16-19-22-25-27-29-31-32-34-35-37-40-43-46-49-52-55-58-64(67)70-61-62(60-69-63(66)57-54-51-48-45-42-39-24-21-18-15-12-9-6-3)71-65(68)59-56-53-50-47-44-41-38-36-33-30-28-26-23-20-17-14-11-8-5-2/h7,10,16,19,21,24-25,27,31-32,35,37,43,46,62H,4-6,8-9,11-15,17-18,20,22-23,26,28-30,33-34,36,38-42,44-45,47-61H2,1-3H3/b10-7-,19-16-,24-21-,27-25-,32-31-,37-35-,46-43-. The maximum Gasteiger partial charge on any atom is 0.306 e. The number of rotatable bonds is 54. The number of unbranched alkanes of at least 4 members (excludes halogenated alkanes) is 29. The molecule has 0 aliphatic heterocycles. The van der Waals surface area contributed by atoms with E-state index in [2.05, 4.69) is 106 Å². The number of ether oxygens (including phenoxy) is 3. The summed E-state index contributed by atoms with van der Waals surface area (Å²) in [5.41, 5.74) is 0. The van der Waals surface area contributed by atoms with Gasteiger partial charge in [-0.25, -0.2) is 0 Å². The van der Waals surface area contributed by atoms with E-state index >= 15 is 0 Å². The highest BCUT2D eigenvalue weighted by Crippen LogP contribution is 2.16. The molecule has 0 radical (unpaired) electrons. The fraction of sp³-hybridized carbons (Fsp3) is 0.738. The second kappa shape index (κ2) is 59.2. The molecule has 0 fully saturated rings. The van der Waals surface area contributed by atoms with Gasteiger partial charge in [0.15, 0.2) is 6.10 Å². The van der Waals surface area contributed by atoms with E-state index in [-0.39, 0.29) is 31.1 Å². The van der Waals surface area contributed by atoms with Crippen LogP contribution in [0.3, 0.4) is 0 Å². The Morgan fingerprint density at radius 3 is 0.915 bits per heavy atom. The second-order valence-corrected chi connectivity index (χ2v) is 19.9. The molecule has 0 rings (SSSR count). The lowest BCUT2D eigenvalue weighted by atomic mass is 10.0. The molecular formula is C65H112O6. The van der Waals surface area contributed by atoms with Gasteiger partial charge >= 0.3 is 17.9 Å². The van der Waals surface area contributed by atoms with Gasteiger partial charge in [-0.2, -0.15) is 0 Å². The summed E-state index contributed by atoms with van der Waals surface area (Å²) >= 11 is 0. The van der Waals surface area contributed by atoms with Gasteiger partial charge in [0.25, 0.3) is 0 Å². The number of carbonyl (C=O) groups is 3. The van der Waals surface area contributed by atoms with Crippen LogP contribution in [0, 0.1) is 0 Å².